The number of amides is 2. The molecule has 0 bridgehead atoms. The first kappa shape index (κ1) is 17.1. The second-order valence-electron chi connectivity index (χ2n) is 5.95. The third-order valence-electron chi connectivity index (χ3n) is 4.23. The molecule has 0 spiro atoms. The van der Waals surface area contributed by atoms with Crippen molar-refractivity contribution in [2.75, 3.05) is 31.1 Å². The smallest absolute Gasteiger partial charge is 0.251 e. The van der Waals surface area contributed by atoms with Crippen molar-refractivity contribution in [3.05, 3.63) is 48.3 Å². The summed E-state index contributed by atoms with van der Waals surface area (Å²) in [5.74, 6) is 1.67. The Labute approximate surface area is 159 Å². The van der Waals surface area contributed by atoms with Crippen LogP contribution in [0.25, 0.3) is 15.3 Å². The highest BCUT2D eigenvalue weighted by molar-refractivity contribution is 7.99. The van der Waals surface area contributed by atoms with Gasteiger partial charge in [0.15, 0.2) is 5.13 Å². The fourth-order valence-electron chi connectivity index (χ4n) is 2.81. The van der Waals surface area contributed by atoms with Gasteiger partial charge >= 0.3 is 0 Å². The van der Waals surface area contributed by atoms with E-state index in [1.807, 2.05) is 57.9 Å². The molecule has 26 heavy (non-hydrogen) atoms. The number of hydrogen-bond acceptors (Lipinski definition) is 5. The molecular formula is C18H18N4O2S2. The van der Waals surface area contributed by atoms with Gasteiger partial charge in [-0.1, -0.05) is 11.3 Å². The standard InChI is InChI=1S/C18H18N4O2S2/c23-16(21-7-9-25-10-8-21)12-19-17(24)13-3-4-14-15(11-13)26-18(20-14)22-5-1-2-6-22/h1-6,11H,7-10,12H2,(H,19,24). The molecular weight excluding hydrogens is 368 g/mol. The summed E-state index contributed by atoms with van der Waals surface area (Å²) in [6.45, 7) is 1.56. The molecule has 6 nitrogen and oxygen atoms in total. The molecule has 8 heteroatoms. The number of nitrogens with zero attached hydrogens (tertiary/aromatic N) is 3. The lowest BCUT2D eigenvalue weighted by Crippen LogP contribution is -2.43. The summed E-state index contributed by atoms with van der Waals surface area (Å²) in [6.07, 6.45) is 3.88. The van der Waals surface area contributed by atoms with Crippen LogP contribution < -0.4 is 5.32 Å². The number of thioether (sulfide) groups is 1. The Kier molecular flexibility index (Phi) is 4.94. The van der Waals surface area contributed by atoms with Crippen LogP contribution in [-0.2, 0) is 4.79 Å². The quantitative estimate of drug-likeness (QED) is 0.748. The van der Waals surface area contributed by atoms with Crippen molar-refractivity contribution in [3.8, 4) is 5.13 Å². The number of hydrogen-bond donors (Lipinski definition) is 1. The first-order chi connectivity index (χ1) is 12.7. The number of carbonyl (C=O) groups excluding carboxylic acids is 2. The summed E-state index contributed by atoms with van der Waals surface area (Å²) < 4.78 is 2.89. The number of thiazole rings is 1. The second-order valence-corrected chi connectivity index (χ2v) is 8.18. The highest BCUT2D eigenvalue weighted by atomic mass is 32.2. The number of rotatable bonds is 4. The molecule has 1 N–H and O–H groups in total. The van der Waals surface area contributed by atoms with Crippen LogP contribution in [0.5, 0.6) is 0 Å². The molecule has 1 aliphatic rings. The minimum Gasteiger partial charge on any atom is -0.343 e. The summed E-state index contributed by atoms with van der Waals surface area (Å²) in [6, 6.07) is 9.32. The molecule has 0 aliphatic carbocycles. The molecule has 1 aliphatic heterocycles. The van der Waals surface area contributed by atoms with E-state index in [1.165, 1.54) is 11.3 Å². The van der Waals surface area contributed by atoms with Crippen molar-refractivity contribution in [1.82, 2.24) is 19.8 Å². The van der Waals surface area contributed by atoms with Gasteiger partial charge in [0, 0.05) is 42.6 Å². The zero-order chi connectivity index (χ0) is 17.9. The predicted octanol–water partition coefficient (Wildman–Crippen LogP) is 2.39. The van der Waals surface area contributed by atoms with E-state index in [0.717, 1.165) is 39.9 Å². The van der Waals surface area contributed by atoms with Crippen LogP contribution >= 0.6 is 23.1 Å². The Morgan fingerprint density at radius 1 is 1.15 bits per heavy atom. The monoisotopic (exact) mass is 386 g/mol. The fourth-order valence-corrected chi connectivity index (χ4v) is 4.68. The molecule has 0 atom stereocenters. The molecule has 1 saturated heterocycles. The van der Waals surface area contributed by atoms with Gasteiger partial charge in [-0.2, -0.15) is 11.8 Å². The molecule has 3 heterocycles. The van der Waals surface area contributed by atoms with Crippen molar-refractivity contribution in [3.63, 3.8) is 0 Å². The summed E-state index contributed by atoms with van der Waals surface area (Å²) in [5.41, 5.74) is 1.40. The van der Waals surface area contributed by atoms with Gasteiger partial charge in [-0.15, -0.1) is 0 Å². The summed E-state index contributed by atoms with van der Waals surface area (Å²) in [7, 11) is 0. The second kappa shape index (κ2) is 7.51. The number of carbonyl (C=O) groups is 2. The molecule has 0 unspecified atom stereocenters. The van der Waals surface area contributed by atoms with Crippen LogP contribution in [0.3, 0.4) is 0 Å². The minimum atomic E-state index is -0.234. The van der Waals surface area contributed by atoms with Crippen LogP contribution in [-0.4, -0.2) is 57.4 Å². The van der Waals surface area contributed by atoms with E-state index in [4.69, 9.17) is 0 Å². The summed E-state index contributed by atoms with van der Waals surface area (Å²) in [5, 5.41) is 3.60. The van der Waals surface area contributed by atoms with Crippen LogP contribution in [0.1, 0.15) is 10.4 Å². The van der Waals surface area contributed by atoms with Crippen LogP contribution in [0.2, 0.25) is 0 Å². The average molecular weight is 387 g/mol. The maximum absolute atomic E-state index is 12.4. The molecule has 134 valence electrons. The SMILES string of the molecule is O=C(NCC(=O)N1CCSCC1)c1ccc2nc(-n3cccc3)sc2c1. The molecule has 2 aromatic heterocycles. The van der Waals surface area contributed by atoms with E-state index in [9.17, 15) is 9.59 Å². The van der Waals surface area contributed by atoms with Gasteiger partial charge in [-0.05, 0) is 30.3 Å². The topological polar surface area (TPSA) is 67.2 Å². The zero-order valence-electron chi connectivity index (χ0n) is 14.1. The van der Waals surface area contributed by atoms with E-state index in [0.29, 0.717) is 5.56 Å². The average Bonchev–Trinajstić information content (AvgIpc) is 3.35. The maximum atomic E-state index is 12.4. The van der Waals surface area contributed by atoms with Gasteiger partial charge < -0.3 is 14.8 Å². The lowest BCUT2D eigenvalue weighted by Gasteiger charge is -2.26. The predicted molar refractivity (Wildman–Crippen MR) is 105 cm³/mol. The van der Waals surface area contributed by atoms with Crippen molar-refractivity contribution in [2.24, 2.45) is 0 Å². The van der Waals surface area contributed by atoms with Crippen LogP contribution in [0.15, 0.2) is 42.7 Å². The minimum absolute atomic E-state index is 0.0209. The van der Waals surface area contributed by atoms with Crippen molar-refractivity contribution < 1.29 is 9.59 Å². The van der Waals surface area contributed by atoms with Gasteiger partial charge in [0.2, 0.25) is 5.91 Å². The molecule has 3 aromatic rings. The van der Waals surface area contributed by atoms with Crippen LogP contribution in [0, 0.1) is 0 Å². The maximum Gasteiger partial charge on any atom is 0.251 e. The number of nitrogens with one attached hydrogen (secondary N) is 1. The van der Waals surface area contributed by atoms with Gasteiger partial charge in [-0.25, -0.2) is 4.98 Å². The first-order valence-electron chi connectivity index (χ1n) is 8.38. The van der Waals surface area contributed by atoms with Gasteiger partial charge in [0.25, 0.3) is 5.91 Å². The Balaban J connectivity index is 1.44. The Morgan fingerprint density at radius 3 is 2.69 bits per heavy atom. The molecule has 1 fully saturated rings. The Morgan fingerprint density at radius 2 is 1.92 bits per heavy atom. The van der Waals surface area contributed by atoms with Crippen molar-refractivity contribution in [1.29, 1.82) is 0 Å². The summed E-state index contributed by atoms with van der Waals surface area (Å²) >= 11 is 3.38. The fraction of sp³-hybridized carbons (Fsp3) is 0.278. The third-order valence-corrected chi connectivity index (χ3v) is 6.20. The van der Waals surface area contributed by atoms with Crippen molar-refractivity contribution >= 4 is 45.1 Å². The molecule has 0 radical (unpaired) electrons. The summed E-state index contributed by atoms with van der Waals surface area (Å²) in [4.78, 5) is 31.0. The van der Waals surface area contributed by atoms with Crippen LogP contribution in [0.4, 0.5) is 0 Å². The highest BCUT2D eigenvalue weighted by Crippen LogP contribution is 2.26. The van der Waals surface area contributed by atoms with E-state index < -0.39 is 0 Å². The molecule has 1 aromatic carbocycles. The number of fused-ring (bicyclic) bond motifs is 1. The number of aromatic nitrogens is 2. The number of benzene rings is 1. The zero-order valence-corrected chi connectivity index (χ0v) is 15.7. The molecule has 4 rings (SSSR count). The first-order valence-corrected chi connectivity index (χ1v) is 10.4. The third kappa shape index (κ3) is 3.61. The lowest BCUT2D eigenvalue weighted by molar-refractivity contribution is -0.129. The van der Waals surface area contributed by atoms with E-state index in [1.54, 1.807) is 6.07 Å². The van der Waals surface area contributed by atoms with Gasteiger partial charge in [0.1, 0.15) is 0 Å². The van der Waals surface area contributed by atoms with Gasteiger partial charge in [-0.3, -0.25) is 9.59 Å². The lowest BCUT2D eigenvalue weighted by atomic mass is 10.2. The van der Waals surface area contributed by atoms with Gasteiger partial charge in [0.05, 0.1) is 16.8 Å². The molecule has 2 amide bonds. The van der Waals surface area contributed by atoms with E-state index in [-0.39, 0.29) is 18.4 Å². The Hall–Kier alpha value is -2.32. The van der Waals surface area contributed by atoms with Crippen molar-refractivity contribution in [2.45, 2.75) is 0 Å². The molecule has 0 saturated carbocycles. The Bertz CT molecular complexity index is 930. The highest BCUT2D eigenvalue weighted by Gasteiger charge is 2.18. The largest absolute Gasteiger partial charge is 0.343 e. The van der Waals surface area contributed by atoms with E-state index >= 15 is 0 Å². The normalized spacial score (nSPS) is 14.5. The van der Waals surface area contributed by atoms with E-state index in [2.05, 4.69) is 10.3 Å².